The Kier molecular flexibility index (Phi) is 9.19. The van der Waals surface area contributed by atoms with Crippen molar-refractivity contribution in [3.63, 3.8) is 0 Å². The van der Waals surface area contributed by atoms with Crippen molar-refractivity contribution in [3.8, 4) is 0 Å². The number of hydrogen-bond donors (Lipinski definition) is 2. The third-order valence-corrected chi connectivity index (χ3v) is 6.29. The summed E-state index contributed by atoms with van der Waals surface area (Å²) in [5.41, 5.74) is 4.47. The Morgan fingerprint density at radius 1 is 0.848 bits per heavy atom. The minimum Gasteiger partial charge on any atom is -0.351 e. The number of aryl methyl sites for hydroxylation is 2. The lowest BCUT2D eigenvalue weighted by Crippen LogP contribution is -2.34. The monoisotopic (exact) mass is 449 g/mol. The van der Waals surface area contributed by atoms with Crippen LogP contribution < -0.4 is 10.6 Å². The van der Waals surface area contributed by atoms with Crippen LogP contribution in [0.15, 0.2) is 42.5 Å². The minimum absolute atomic E-state index is 0.00439. The standard InChI is InChI=1S/C27H35N3O3/c1-3-30(4-2)18-17-28-27(33)21-11-13-24(14-12-21)29-26(32)16-15-25(31)23-10-9-20-7-5-6-8-22(20)19-23/h9-14,19H,3-8,15-18H2,1-2H3,(H,28,33)(H,29,32). The van der Waals surface area contributed by atoms with Crippen molar-refractivity contribution in [1.82, 2.24) is 10.2 Å². The topological polar surface area (TPSA) is 78.5 Å². The van der Waals surface area contributed by atoms with Crippen molar-refractivity contribution in [1.29, 1.82) is 0 Å². The molecule has 0 unspecified atom stereocenters. The Hall–Kier alpha value is -2.99. The first-order chi connectivity index (χ1) is 16.0. The van der Waals surface area contributed by atoms with Crippen LogP contribution >= 0.6 is 0 Å². The van der Waals surface area contributed by atoms with E-state index in [0.29, 0.717) is 23.4 Å². The van der Waals surface area contributed by atoms with Gasteiger partial charge >= 0.3 is 0 Å². The number of ketones is 1. The molecule has 0 radical (unpaired) electrons. The number of likely N-dealkylation sites (N-methyl/N-ethyl adjacent to an activating group) is 1. The third kappa shape index (κ3) is 7.26. The largest absolute Gasteiger partial charge is 0.351 e. The second-order valence-corrected chi connectivity index (χ2v) is 8.52. The molecule has 33 heavy (non-hydrogen) atoms. The van der Waals surface area contributed by atoms with Crippen molar-refractivity contribution < 1.29 is 14.4 Å². The molecule has 0 spiro atoms. The molecule has 6 heteroatoms. The maximum Gasteiger partial charge on any atom is 0.251 e. The molecular weight excluding hydrogens is 414 g/mol. The zero-order valence-electron chi connectivity index (χ0n) is 19.8. The minimum atomic E-state index is -0.210. The van der Waals surface area contributed by atoms with Crippen LogP contribution in [-0.4, -0.2) is 48.7 Å². The molecule has 0 fully saturated rings. The average molecular weight is 450 g/mol. The first kappa shape index (κ1) is 24.6. The van der Waals surface area contributed by atoms with Gasteiger partial charge in [-0.05, 0) is 80.2 Å². The molecule has 0 heterocycles. The van der Waals surface area contributed by atoms with E-state index in [4.69, 9.17) is 0 Å². The van der Waals surface area contributed by atoms with E-state index in [1.165, 1.54) is 24.0 Å². The van der Waals surface area contributed by atoms with Crippen LogP contribution in [-0.2, 0) is 17.6 Å². The number of nitrogens with zero attached hydrogens (tertiary/aromatic N) is 1. The zero-order valence-corrected chi connectivity index (χ0v) is 19.8. The van der Waals surface area contributed by atoms with Gasteiger partial charge in [0.1, 0.15) is 0 Å². The van der Waals surface area contributed by atoms with Gasteiger partial charge in [0, 0.05) is 42.7 Å². The van der Waals surface area contributed by atoms with Crippen LogP contribution in [0.4, 0.5) is 5.69 Å². The molecule has 0 saturated carbocycles. The smallest absolute Gasteiger partial charge is 0.251 e. The van der Waals surface area contributed by atoms with Crippen molar-refractivity contribution in [2.75, 3.05) is 31.5 Å². The van der Waals surface area contributed by atoms with Crippen molar-refractivity contribution >= 4 is 23.3 Å². The van der Waals surface area contributed by atoms with E-state index >= 15 is 0 Å². The number of carbonyl (C=O) groups is 3. The van der Waals surface area contributed by atoms with Gasteiger partial charge in [0.15, 0.2) is 5.78 Å². The Bertz CT molecular complexity index is 965. The van der Waals surface area contributed by atoms with E-state index < -0.39 is 0 Å². The van der Waals surface area contributed by atoms with E-state index in [2.05, 4.69) is 35.4 Å². The summed E-state index contributed by atoms with van der Waals surface area (Å²) in [5.74, 6) is -0.344. The quantitative estimate of drug-likeness (QED) is 0.503. The van der Waals surface area contributed by atoms with E-state index in [1.54, 1.807) is 24.3 Å². The van der Waals surface area contributed by atoms with Gasteiger partial charge in [0.25, 0.3) is 5.91 Å². The first-order valence-corrected chi connectivity index (χ1v) is 12.1. The zero-order chi connectivity index (χ0) is 23.6. The van der Waals surface area contributed by atoms with Gasteiger partial charge < -0.3 is 15.5 Å². The predicted octanol–water partition coefficient (Wildman–Crippen LogP) is 4.24. The second-order valence-electron chi connectivity index (χ2n) is 8.52. The van der Waals surface area contributed by atoms with Crippen molar-refractivity contribution in [2.24, 2.45) is 0 Å². The molecule has 2 N–H and O–H groups in total. The van der Waals surface area contributed by atoms with Gasteiger partial charge in [-0.2, -0.15) is 0 Å². The van der Waals surface area contributed by atoms with Crippen LogP contribution in [0.3, 0.4) is 0 Å². The summed E-state index contributed by atoms with van der Waals surface area (Å²) in [6.45, 7) is 7.53. The summed E-state index contributed by atoms with van der Waals surface area (Å²) in [6, 6.07) is 12.8. The van der Waals surface area contributed by atoms with Crippen LogP contribution in [0.1, 0.15) is 71.4 Å². The SMILES string of the molecule is CCN(CC)CCNC(=O)c1ccc(NC(=O)CCC(=O)c2ccc3c(c2)CCCC3)cc1. The second kappa shape index (κ2) is 12.3. The van der Waals surface area contributed by atoms with Crippen LogP contribution in [0.25, 0.3) is 0 Å². The summed E-state index contributed by atoms with van der Waals surface area (Å²) in [6.07, 6.45) is 4.80. The summed E-state index contributed by atoms with van der Waals surface area (Å²) >= 11 is 0. The molecule has 1 aliphatic rings. The molecule has 0 saturated heterocycles. The maximum atomic E-state index is 12.5. The predicted molar refractivity (Wildman–Crippen MR) is 132 cm³/mol. The lowest BCUT2D eigenvalue weighted by Gasteiger charge is -2.18. The molecule has 0 bridgehead atoms. The van der Waals surface area contributed by atoms with Gasteiger partial charge in [-0.15, -0.1) is 0 Å². The molecule has 2 aromatic carbocycles. The fraction of sp³-hybridized carbons (Fsp3) is 0.444. The lowest BCUT2D eigenvalue weighted by molar-refractivity contribution is -0.116. The highest BCUT2D eigenvalue weighted by molar-refractivity contribution is 6.00. The number of carbonyl (C=O) groups excluding carboxylic acids is 3. The summed E-state index contributed by atoms with van der Waals surface area (Å²) < 4.78 is 0. The number of nitrogens with one attached hydrogen (secondary N) is 2. The Labute approximate surface area is 196 Å². The number of anilines is 1. The molecule has 2 aromatic rings. The number of hydrogen-bond acceptors (Lipinski definition) is 4. The molecule has 0 aromatic heterocycles. The molecule has 2 amide bonds. The van der Waals surface area contributed by atoms with E-state index in [0.717, 1.165) is 32.5 Å². The van der Waals surface area contributed by atoms with Gasteiger partial charge in [0.2, 0.25) is 5.91 Å². The Morgan fingerprint density at radius 3 is 2.21 bits per heavy atom. The molecule has 6 nitrogen and oxygen atoms in total. The van der Waals surface area contributed by atoms with E-state index in [-0.39, 0.29) is 30.4 Å². The lowest BCUT2D eigenvalue weighted by atomic mass is 9.89. The van der Waals surface area contributed by atoms with Crippen molar-refractivity contribution in [3.05, 3.63) is 64.7 Å². The number of benzene rings is 2. The number of rotatable bonds is 11. The van der Waals surface area contributed by atoms with E-state index in [9.17, 15) is 14.4 Å². The normalized spacial score (nSPS) is 12.8. The Balaban J connectivity index is 1.44. The summed E-state index contributed by atoms with van der Waals surface area (Å²) in [5, 5.41) is 5.73. The fourth-order valence-corrected chi connectivity index (χ4v) is 4.18. The van der Waals surface area contributed by atoms with Crippen LogP contribution in [0, 0.1) is 0 Å². The summed E-state index contributed by atoms with van der Waals surface area (Å²) in [4.78, 5) is 39.4. The number of Topliss-reactive ketones (excluding diaryl/α,β-unsaturated/α-hetero) is 1. The first-order valence-electron chi connectivity index (χ1n) is 12.1. The third-order valence-electron chi connectivity index (χ3n) is 6.29. The van der Waals surface area contributed by atoms with Crippen LogP contribution in [0.5, 0.6) is 0 Å². The highest BCUT2D eigenvalue weighted by atomic mass is 16.2. The van der Waals surface area contributed by atoms with Gasteiger partial charge in [-0.1, -0.05) is 26.0 Å². The summed E-state index contributed by atoms with van der Waals surface area (Å²) in [7, 11) is 0. The molecule has 1 aliphatic carbocycles. The molecule has 0 aliphatic heterocycles. The van der Waals surface area contributed by atoms with Gasteiger partial charge in [0.05, 0.1) is 0 Å². The van der Waals surface area contributed by atoms with Crippen molar-refractivity contribution in [2.45, 2.75) is 52.4 Å². The maximum absolute atomic E-state index is 12.5. The molecule has 3 rings (SSSR count). The Morgan fingerprint density at radius 2 is 1.52 bits per heavy atom. The molecular formula is C27H35N3O3. The van der Waals surface area contributed by atoms with Gasteiger partial charge in [-0.3, -0.25) is 14.4 Å². The van der Waals surface area contributed by atoms with Gasteiger partial charge in [-0.25, -0.2) is 0 Å². The fourth-order valence-electron chi connectivity index (χ4n) is 4.18. The average Bonchev–Trinajstić information content (AvgIpc) is 2.85. The highest BCUT2D eigenvalue weighted by Crippen LogP contribution is 2.23. The molecule has 176 valence electrons. The highest BCUT2D eigenvalue weighted by Gasteiger charge is 2.14. The van der Waals surface area contributed by atoms with E-state index in [1.807, 2.05) is 12.1 Å². The number of amides is 2. The van der Waals surface area contributed by atoms with Crippen LogP contribution in [0.2, 0.25) is 0 Å². The molecule has 0 atom stereocenters. The number of fused-ring (bicyclic) bond motifs is 1.